The lowest BCUT2D eigenvalue weighted by atomic mass is 9.73. The number of anilines is 1. The Labute approximate surface area is 179 Å². The predicted octanol–water partition coefficient (Wildman–Crippen LogP) is 2.75. The number of fused-ring (bicyclic) bond motifs is 1. The standard InChI is InChI=1S/C23H27F2N5O/c1-13-3-4-23(20(13)26)5-7-30(8-6-23)22-28-17-12-27-19(18(17)21(31)29(22)2)14-9-15(24)11-16(25)10-14/h9-11,13,20H,3-8,12,26H2,1-2H3/t13-,20-/m1/s1. The Hall–Kier alpha value is -2.61. The van der Waals surface area contributed by atoms with Gasteiger partial charge in [0.05, 0.1) is 23.5 Å². The highest BCUT2D eigenvalue weighted by Crippen LogP contribution is 2.48. The second-order valence-electron chi connectivity index (χ2n) is 9.31. The minimum Gasteiger partial charge on any atom is -0.342 e. The van der Waals surface area contributed by atoms with Gasteiger partial charge in [-0.3, -0.25) is 14.4 Å². The molecule has 6 nitrogen and oxygen atoms in total. The summed E-state index contributed by atoms with van der Waals surface area (Å²) in [5.74, 6) is -0.221. The molecule has 1 saturated heterocycles. The van der Waals surface area contributed by atoms with Crippen LogP contribution in [0.25, 0.3) is 0 Å². The summed E-state index contributed by atoms with van der Waals surface area (Å²) in [4.78, 5) is 24.5. The summed E-state index contributed by atoms with van der Waals surface area (Å²) in [7, 11) is 1.70. The highest BCUT2D eigenvalue weighted by molar-refractivity contribution is 6.14. The third-order valence-electron chi connectivity index (χ3n) is 7.56. The molecule has 8 heteroatoms. The van der Waals surface area contributed by atoms with Crippen molar-refractivity contribution in [3.8, 4) is 0 Å². The van der Waals surface area contributed by atoms with E-state index < -0.39 is 11.6 Å². The van der Waals surface area contributed by atoms with Gasteiger partial charge in [-0.25, -0.2) is 13.8 Å². The molecule has 31 heavy (non-hydrogen) atoms. The van der Waals surface area contributed by atoms with Gasteiger partial charge in [-0.15, -0.1) is 0 Å². The molecule has 164 valence electrons. The van der Waals surface area contributed by atoms with Gasteiger partial charge in [0, 0.05) is 37.8 Å². The van der Waals surface area contributed by atoms with Crippen molar-refractivity contribution in [3.05, 3.63) is 57.0 Å². The zero-order valence-corrected chi connectivity index (χ0v) is 17.9. The van der Waals surface area contributed by atoms with Crippen LogP contribution >= 0.6 is 0 Å². The SMILES string of the molecule is C[C@@H]1CCC2(CCN(c3nc4c(c(=O)n3C)C(c3cc(F)cc(F)c3)=NC4)CC2)[C@@H]1N. The summed E-state index contributed by atoms with van der Waals surface area (Å²) in [6.07, 6.45) is 4.34. The van der Waals surface area contributed by atoms with E-state index in [1.807, 2.05) is 0 Å². The third kappa shape index (κ3) is 3.19. The minimum atomic E-state index is -0.700. The average molecular weight is 427 g/mol. The van der Waals surface area contributed by atoms with E-state index in [1.165, 1.54) is 29.5 Å². The van der Waals surface area contributed by atoms with Crippen LogP contribution in [0.1, 0.15) is 49.4 Å². The Morgan fingerprint density at radius 1 is 1.13 bits per heavy atom. The quantitative estimate of drug-likeness (QED) is 0.800. The van der Waals surface area contributed by atoms with Crippen LogP contribution in [0.2, 0.25) is 0 Å². The first kappa shape index (κ1) is 20.3. The lowest BCUT2D eigenvalue weighted by molar-refractivity contribution is 0.185. The minimum absolute atomic E-state index is 0.198. The van der Waals surface area contributed by atoms with Crippen molar-refractivity contribution in [3.63, 3.8) is 0 Å². The number of nitrogens with zero attached hydrogens (tertiary/aromatic N) is 4. The predicted molar refractivity (Wildman–Crippen MR) is 115 cm³/mol. The maximum atomic E-state index is 13.7. The molecule has 2 N–H and O–H groups in total. The number of hydrogen-bond donors (Lipinski definition) is 1. The van der Waals surface area contributed by atoms with Crippen LogP contribution in [-0.4, -0.2) is 34.4 Å². The molecule has 5 rings (SSSR count). The molecule has 1 aromatic carbocycles. The number of nitrogens with two attached hydrogens (primary N) is 1. The first-order chi connectivity index (χ1) is 14.8. The van der Waals surface area contributed by atoms with E-state index in [1.54, 1.807) is 7.05 Å². The molecule has 1 aliphatic carbocycles. The Kier molecular flexibility index (Phi) is 4.73. The molecule has 2 fully saturated rings. The maximum Gasteiger partial charge on any atom is 0.264 e. The number of hydrogen-bond acceptors (Lipinski definition) is 5. The van der Waals surface area contributed by atoms with Crippen molar-refractivity contribution in [1.82, 2.24) is 9.55 Å². The van der Waals surface area contributed by atoms with Crippen LogP contribution in [0.4, 0.5) is 14.7 Å². The summed E-state index contributed by atoms with van der Waals surface area (Å²) >= 11 is 0. The zero-order chi connectivity index (χ0) is 21.9. The van der Waals surface area contributed by atoms with E-state index in [-0.39, 0.29) is 29.1 Å². The van der Waals surface area contributed by atoms with Crippen LogP contribution in [0.3, 0.4) is 0 Å². The van der Waals surface area contributed by atoms with E-state index in [0.29, 0.717) is 28.8 Å². The fourth-order valence-electron chi connectivity index (χ4n) is 5.63. The monoisotopic (exact) mass is 427 g/mol. The second kappa shape index (κ2) is 7.22. The van der Waals surface area contributed by atoms with Gasteiger partial charge in [0.2, 0.25) is 5.95 Å². The first-order valence-corrected chi connectivity index (χ1v) is 10.9. The van der Waals surface area contributed by atoms with E-state index >= 15 is 0 Å². The van der Waals surface area contributed by atoms with Crippen LogP contribution < -0.4 is 16.2 Å². The summed E-state index contributed by atoms with van der Waals surface area (Å²) in [6, 6.07) is 3.43. The highest BCUT2D eigenvalue weighted by atomic mass is 19.1. The number of aliphatic imine (C=N–C) groups is 1. The molecule has 3 aliphatic rings. The number of benzene rings is 1. The molecule has 1 saturated carbocycles. The molecule has 0 amide bonds. The van der Waals surface area contributed by atoms with Crippen LogP contribution in [0.15, 0.2) is 28.0 Å². The third-order valence-corrected chi connectivity index (χ3v) is 7.56. The highest BCUT2D eigenvalue weighted by Gasteiger charge is 2.46. The molecular weight excluding hydrogens is 400 g/mol. The largest absolute Gasteiger partial charge is 0.342 e. The Morgan fingerprint density at radius 3 is 2.42 bits per heavy atom. The van der Waals surface area contributed by atoms with Crippen molar-refractivity contribution in [1.29, 1.82) is 0 Å². The van der Waals surface area contributed by atoms with E-state index in [4.69, 9.17) is 10.7 Å². The van der Waals surface area contributed by atoms with Gasteiger partial charge in [0.15, 0.2) is 0 Å². The lowest BCUT2D eigenvalue weighted by Gasteiger charge is -2.43. The molecule has 1 aromatic heterocycles. The van der Waals surface area contributed by atoms with Crippen molar-refractivity contribution in [2.45, 2.75) is 45.2 Å². The summed E-state index contributed by atoms with van der Waals surface area (Å²) < 4.78 is 29.0. The second-order valence-corrected chi connectivity index (χ2v) is 9.31. The number of piperidine rings is 1. The maximum absolute atomic E-state index is 13.7. The van der Waals surface area contributed by atoms with E-state index in [0.717, 1.165) is 32.0 Å². The summed E-state index contributed by atoms with van der Waals surface area (Å²) in [6.45, 7) is 4.08. The molecule has 2 aromatic rings. The normalized spacial score (nSPS) is 24.5. The van der Waals surface area contributed by atoms with Crippen molar-refractivity contribution < 1.29 is 8.78 Å². The Morgan fingerprint density at radius 2 is 1.81 bits per heavy atom. The van der Waals surface area contributed by atoms with Crippen LogP contribution in [-0.2, 0) is 13.6 Å². The lowest BCUT2D eigenvalue weighted by Crippen LogP contribution is -2.49. The fourth-order valence-corrected chi connectivity index (χ4v) is 5.63. The van der Waals surface area contributed by atoms with Gasteiger partial charge < -0.3 is 10.6 Å². The van der Waals surface area contributed by atoms with E-state index in [9.17, 15) is 13.6 Å². The molecule has 1 spiro atoms. The van der Waals surface area contributed by atoms with Crippen molar-refractivity contribution in [2.24, 2.45) is 29.1 Å². The summed E-state index contributed by atoms with van der Waals surface area (Å²) in [5.41, 5.74) is 7.94. The Balaban J connectivity index is 1.44. The van der Waals surface area contributed by atoms with Crippen LogP contribution in [0, 0.1) is 23.0 Å². The van der Waals surface area contributed by atoms with Gasteiger partial charge in [-0.05, 0) is 49.1 Å². The summed E-state index contributed by atoms with van der Waals surface area (Å²) in [5, 5.41) is 0. The van der Waals surface area contributed by atoms with Gasteiger partial charge in [0.25, 0.3) is 5.56 Å². The first-order valence-electron chi connectivity index (χ1n) is 10.9. The molecule has 0 unspecified atom stereocenters. The number of rotatable bonds is 2. The van der Waals surface area contributed by atoms with Crippen molar-refractivity contribution in [2.75, 3.05) is 18.0 Å². The van der Waals surface area contributed by atoms with Gasteiger partial charge >= 0.3 is 0 Å². The molecule has 3 heterocycles. The van der Waals surface area contributed by atoms with Gasteiger partial charge in [-0.2, -0.15) is 0 Å². The fraction of sp³-hybridized carbons (Fsp3) is 0.522. The topological polar surface area (TPSA) is 76.5 Å². The van der Waals surface area contributed by atoms with Gasteiger partial charge in [-0.1, -0.05) is 6.92 Å². The molecule has 2 aliphatic heterocycles. The van der Waals surface area contributed by atoms with E-state index in [2.05, 4.69) is 16.8 Å². The molecule has 0 radical (unpaired) electrons. The Bertz CT molecular complexity index is 1110. The molecular formula is C23H27F2N5O. The average Bonchev–Trinajstić information content (AvgIpc) is 3.28. The zero-order valence-electron chi connectivity index (χ0n) is 17.9. The molecule has 2 atom stereocenters. The number of aromatic nitrogens is 2. The van der Waals surface area contributed by atoms with Crippen LogP contribution in [0.5, 0.6) is 0 Å². The molecule has 0 bridgehead atoms. The van der Waals surface area contributed by atoms with Crippen molar-refractivity contribution >= 4 is 11.7 Å². The number of halogens is 2. The smallest absolute Gasteiger partial charge is 0.264 e. The van der Waals surface area contributed by atoms with Gasteiger partial charge in [0.1, 0.15) is 11.6 Å².